The second kappa shape index (κ2) is 6.50. The first-order chi connectivity index (χ1) is 9.99. The molecule has 0 spiro atoms. The van der Waals surface area contributed by atoms with E-state index in [1.54, 1.807) is 13.0 Å². The Morgan fingerprint density at radius 3 is 2.33 bits per heavy atom. The lowest BCUT2D eigenvalue weighted by molar-refractivity contribution is -0.385. The molecular formula is C17H20N2O2. The van der Waals surface area contributed by atoms with Crippen LogP contribution in [0.3, 0.4) is 0 Å². The minimum atomic E-state index is -0.342. The largest absolute Gasteiger partial charge is 0.327 e. The van der Waals surface area contributed by atoms with Gasteiger partial charge in [-0.3, -0.25) is 10.1 Å². The van der Waals surface area contributed by atoms with Crippen molar-refractivity contribution in [2.24, 2.45) is 5.73 Å². The highest BCUT2D eigenvalue weighted by atomic mass is 16.6. The van der Waals surface area contributed by atoms with Crippen molar-refractivity contribution in [1.82, 2.24) is 0 Å². The third kappa shape index (κ3) is 3.67. The van der Waals surface area contributed by atoms with Crippen LogP contribution in [0, 0.1) is 24.0 Å². The lowest BCUT2D eigenvalue weighted by Crippen LogP contribution is -2.26. The molecule has 0 fully saturated rings. The Bertz CT molecular complexity index is 653. The lowest BCUT2D eigenvalue weighted by Gasteiger charge is -2.15. The molecule has 0 aliphatic heterocycles. The SMILES string of the molecule is Cc1ccccc1CC(N)Cc1cccc([N+](=O)[O-])c1C. The average Bonchev–Trinajstić information content (AvgIpc) is 2.43. The van der Waals surface area contributed by atoms with Gasteiger partial charge in [0.25, 0.3) is 5.69 Å². The molecule has 2 rings (SSSR count). The monoisotopic (exact) mass is 284 g/mol. The van der Waals surface area contributed by atoms with Gasteiger partial charge in [-0.2, -0.15) is 0 Å². The van der Waals surface area contributed by atoms with Crippen LogP contribution in [0.15, 0.2) is 42.5 Å². The Balaban J connectivity index is 2.13. The number of nitrogens with two attached hydrogens (primary N) is 1. The molecule has 0 amide bonds. The molecule has 0 aromatic heterocycles. The highest BCUT2D eigenvalue weighted by molar-refractivity contribution is 5.44. The van der Waals surface area contributed by atoms with Gasteiger partial charge in [-0.25, -0.2) is 0 Å². The minimum absolute atomic E-state index is 0.0493. The van der Waals surface area contributed by atoms with Crippen LogP contribution in [0.5, 0.6) is 0 Å². The van der Waals surface area contributed by atoms with Gasteiger partial charge in [-0.05, 0) is 43.4 Å². The lowest BCUT2D eigenvalue weighted by atomic mass is 9.94. The Morgan fingerprint density at radius 1 is 1.05 bits per heavy atom. The van der Waals surface area contributed by atoms with E-state index in [0.717, 1.165) is 12.0 Å². The third-order valence-electron chi connectivity index (χ3n) is 3.84. The molecule has 1 unspecified atom stereocenters. The molecule has 0 aliphatic carbocycles. The van der Waals surface area contributed by atoms with E-state index in [-0.39, 0.29) is 16.7 Å². The number of rotatable bonds is 5. The molecule has 0 aliphatic rings. The van der Waals surface area contributed by atoms with E-state index in [2.05, 4.69) is 19.1 Å². The number of aryl methyl sites for hydroxylation is 1. The predicted octanol–water partition coefficient (Wildman–Crippen LogP) is 3.32. The van der Waals surface area contributed by atoms with E-state index in [9.17, 15) is 10.1 Å². The van der Waals surface area contributed by atoms with Crippen molar-refractivity contribution < 1.29 is 4.92 Å². The van der Waals surface area contributed by atoms with Gasteiger partial charge in [-0.15, -0.1) is 0 Å². The zero-order chi connectivity index (χ0) is 15.4. The summed E-state index contributed by atoms with van der Waals surface area (Å²) in [5.41, 5.74) is 10.5. The standard InChI is InChI=1S/C17H20N2O2/c1-12-6-3-4-7-14(12)10-16(18)11-15-8-5-9-17(13(15)2)19(20)21/h3-9,16H,10-11,18H2,1-2H3. The van der Waals surface area contributed by atoms with Crippen LogP contribution < -0.4 is 5.73 Å². The fourth-order valence-corrected chi connectivity index (χ4v) is 2.57. The van der Waals surface area contributed by atoms with E-state index >= 15 is 0 Å². The van der Waals surface area contributed by atoms with Crippen molar-refractivity contribution in [1.29, 1.82) is 0 Å². The number of nitro benzene ring substituents is 1. The van der Waals surface area contributed by atoms with E-state index < -0.39 is 0 Å². The van der Waals surface area contributed by atoms with E-state index in [4.69, 9.17) is 5.73 Å². The van der Waals surface area contributed by atoms with Gasteiger partial charge in [0.1, 0.15) is 0 Å². The Hall–Kier alpha value is -2.20. The smallest absolute Gasteiger partial charge is 0.272 e. The summed E-state index contributed by atoms with van der Waals surface area (Å²) in [6.07, 6.45) is 1.41. The van der Waals surface area contributed by atoms with Crippen molar-refractivity contribution in [2.45, 2.75) is 32.7 Å². The van der Waals surface area contributed by atoms with Crippen LogP contribution in [0.2, 0.25) is 0 Å². The summed E-state index contributed by atoms with van der Waals surface area (Å²) in [6, 6.07) is 13.3. The maximum Gasteiger partial charge on any atom is 0.272 e. The maximum atomic E-state index is 11.0. The normalized spacial score (nSPS) is 12.1. The first kappa shape index (κ1) is 15.2. The van der Waals surface area contributed by atoms with Crippen molar-refractivity contribution in [3.8, 4) is 0 Å². The number of hydrogen-bond acceptors (Lipinski definition) is 3. The highest BCUT2D eigenvalue weighted by Crippen LogP contribution is 2.22. The molecule has 2 N–H and O–H groups in total. The molecule has 1 atom stereocenters. The van der Waals surface area contributed by atoms with E-state index in [1.807, 2.05) is 18.2 Å². The third-order valence-corrected chi connectivity index (χ3v) is 3.84. The van der Waals surface area contributed by atoms with Crippen molar-refractivity contribution in [2.75, 3.05) is 0 Å². The summed E-state index contributed by atoms with van der Waals surface area (Å²) in [5, 5.41) is 11.0. The molecule has 2 aromatic carbocycles. The van der Waals surface area contributed by atoms with Gasteiger partial charge in [0.05, 0.1) is 4.92 Å². The van der Waals surface area contributed by atoms with Crippen LogP contribution in [-0.4, -0.2) is 11.0 Å². The van der Waals surface area contributed by atoms with Gasteiger partial charge in [0.2, 0.25) is 0 Å². The molecule has 110 valence electrons. The molecule has 0 bridgehead atoms. The Kier molecular flexibility index (Phi) is 4.70. The topological polar surface area (TPSA) is 69.2 Å². The minimum Gasteiger partial charge on any atom is -0.327 e. The van der Waals surface area contributed by atoms with Gasteiger partial charge in [0.15, 0.2) is 0 Å². The maximum absolute atomic E-state index is 11.0. The van der Waals surface area contributed by atoms with Crippen LogP contribution >= 0.6 is 0 Å². The van der Waals surface area contributed by atoms with Crippen molar-refractivity contribution in [3.05, 3.63) is 74.8 Å². The predicted molar refractivity (Wildman–Crippen MR) is 84.4 cm³/mol. The number of nitro groups is 1. The Labute approximate surface area is 124 Å². The zero-order valence-electron chi connectivity index (χ0n) is 12.4. The van der Waals surface area contributed by atoms with Crippen LogP contribution in [0.25, 0.3) is 0 Å². The molecule has 4 heteroatoms. The molecule has 0 radical (unpaired) electrons. The zero-order valence-corrected chi connectivity index (χ0v) is 12.4. The first-order valence-electron chi connectivity index (χ1n) is 7.02. The molecule has 4 nitrogen and oxygen atoms in total. The van der Waals surface area contributed by atoms with Gasteiger partial charge >= 0.3 is 0 Å². The highest BCUT2D eigenvalue weighted by Gasteiger charge is 2.15. The molecule has 0 heterocycles. The Morgan fingerprint density at radius 2 is 1.67 bits per heavy atom. The average molecular weight is 284 g/mol. The molecule has 0 saturated carbocycles. The molecule has 21 heavy (non-hydrogen) atoms. The van der Waals surface area contributed by atoms with Gasteiger partial charge in [-0.1, -0.05) is 36.4 Å². The van der Waals surface area contributed by atoms with Crippen LogP contribution in [-0.2, 0) is 12.8 Å². The number of hydrogen-bond donors (Lipinski definition) is 1. The number of nitrogens with zero attached hydrogens (tertiary/aromatic N) is 1. The fraction of sp³-hybridized carbons (Fsp3) is 0.294. The summed E-state index contributed by atoms with van der Waals surface area (Å²) in [6.45, 7) is 3.86. The van der Waals surface area contributed by atoms with Crippen LogP contribution in [0.4, 0.5) is 5.69 Å². The van der Waals surface area contributed by atoms with E-state index in [0.29, 0.717) is 12.0 Å². The molecule has 2 aromatic rings. The molecular weight excluding hydrogens is 264 g/mol. The van der Waals surface area contributed by atoms with Crippen LogP contribution in [0.1, 0.15) is 22.3 Å². The first-order valence-corrected chi connectivity index (χ1v) is 7.02. The summed E-state index contributed by atoms with van der Waals surface area (Å²) in [4.78, 5) is 10.6. The summed E-state index contributed by atoms with van der Waals surface area (Å²) >= 11 is 0. The summed E-state index contributed by atoms with van der Waals surface area (Å²) in [5.74, 6) is 0. The van der Waals surface area contributed by atoms with Crippen molar-refractivity contribution >= 4 is 5.69 Å². The number of benzene rings is 2. The molecule has 0 saturated heterocycles. The summed E-state index contributed by atoms with van der Waals surface area (Å²) < 4.78 is 0. The summed E-state index contributed by atoms with van der Waals surface area (Å²) in [7, 11) is 0. The van der Waals surface area contributed by atoms with E-state index in [1.165, 1.54) is 17.2 Å². The fourth-order valence-electron chi connectivity index (χ4n) is 2.57. The second-order valence-corrected chi connectivity index (χ2v) is 5.41. The van der Waals surface area contributed by atoms with Gasteiger partial charge < -0.3 is 5.73 Å². The van der Waals surface area contributed by atoms with Gasteiger partial charge in [0, 0.05) is 17.7 Å². The second-order valence-electron chi connectivity index (χ2n) is 5.41. The van der Waals surface area contributed by atoms with Crippen molar-refractivity contribution in [3.63, 3.8) is 0 Å². The quantitative estimate of drug-likeness (QED) is 0.676.